The first-order chi connectivity index (χ1) is 4.70. The lowest BCUT2D eigenvalue weighted by molar-refractivity contribution is 0.0801. The maximum Gasteiger partial charge on any atom is 0.185 e. The van der Waals surface area contributed by atoms with Crippen LogP contribution >= 0.6 is 0 Å². The van der Waals surface area contributed by atoms with Gasteiger partial charge < -0.3 is 4.81 Å². The van der Waals surface area contributed by atoms with Crippen LogP contribution in [0.25, 0.3) is 0 Å². The Morgan fingerprint density at radius 3 is 2.50 bits per heavy atom. The van der Waals surface area contributed by atoms with Crippen LogP contribution in [0, 0.1) is 5.41 Å². The summed E-state index contributed by atoms with van der Waals surface area (Å²) < 4.78 is 0. The highest BCUT2D eigenvalue weighted by Gasteiger charge is 2.44. The summed E-state index contributed by atoms with van der Waals surface area (Å²) in [6.07, 6.45) is 4.48. The SMILES string of the molecule is BC1CCC2(C1)CN(B)C2. The van der Waals surface area contributed by atoms with Crippen molar-refractivity contribution in [3.63, 3.8) is 0 Å². The van der Waals surface area contributed by atoms with E-state index in [-0.39, 0.29) is 0 Å². The smallest absolute Gasteiger partial charge is 0.185 e. The first-order valence-corrected chi connectivity index (χ1v) is 4.39. The van der Waals surface area contributed by atoms with Crippen molar-refractivity contribution in [2.24, 2.45) is 5.41 Å². The molecule has 1 unspecified atom stereocenters. The molecule has 1 saturated heterocycles. The molecule has 1 spiro atoms. The summed E-state index contributed by atoms with van der Waals surface area (Å²) in [5.74, 6) is 1.01. The molecule has 10 heavy (non-hydrogen) atoms. The Balaban J connectivity index is 1.95. The van der Waals surface area contributed by atoms with Crippen molar-refractivity contribution in [1.82, 2.24) is 4.81 Å². The van der Waals surface area contributed by atoms with Crippen molar-refractivity contribution in [2.45, 2.75) is 25.1 Å². The largest absolute Gasteiger partial charge is 0.348 e. The van der Waals surface area contributed by atoms with Gasteiger partial charge in [-0.15, -0.1) is 0 Å². The molecule has 0 radical (unpaired) electrons. The molecule has 54 valence electrons. The van der Waals surface area contributed by atoms with Crippen molar-refractivity contribution in [2.75, 3.05) is 13.1 Å². The van der Waals surface area contributed by atoms with E-state index in [9.17, 15) is 0 Å². The Hall–Kier alpha value is 0.0899. The maximum absolute atomic E-state index is 2.44. The summed E-state index contributed by atoms with van der Waals surface area (Å²) in [6, 6.07) is 0. The summed E-state index contributed by atoms with van der Waals surface area (Å²) >= 11 is 0. The van der Waals surface area contributed by atoms with E-state index in [2.05, 4.69) is 20.6 Å². The lowest BCUT2D eigenvalue weighted by atomic mass is 9.73. The molecule has 1 nitrogen and oxygen atoms in total. The molecule has 1 saturated carbocycles. The summed E-state index contributed by atoms with van der Waals surface area (Å²) in [5.41, 5.74) is 0.786. The molecular formula is C7H15B2N. The van der Waals surface area contributed by atoms with Crippen molar-refractivity contribution in [3.8, 4) is 0 Å². The molecule has 3 heteroatoms. The van der Waals surface area contributed by atoms with Gasteiger partial charge in [-0.2, -0.15) is 0 Å². The second-order valence-electron chi connectivity index (χ2n) is 4.52. The standard InChI is InChI=1S/C7H15B2N/c8-6-1-2-7(3-6)4-10(9)5-7/h6H,1-5,8-9H2. The normalized spacial score (nSPS) is 38.2. The molecule has 1 aliphatic heterocycles. The molecule has 0 bridgehead atoms. The zero-order valence-electron chi connectivity index (χ0n) is 7.06. The Labute approximate surface area is 65.0 Å². The minimum Gasteiger partial charge on any atom is -0.348 e. The van der Waals surface area contributed by atoms with E-state index in [0.717, 1.165) is 11.2 Å². The van der Waals surface area contributed by atoms with Gasteiger partial charge >= 0.3 is 0 Å². The minimum absolute atomic E-state index is 0.786. The second-order valence-corrected chi connectivity index (χ2v) is 4.52. The van der Waals surface area contributed by atoms with Gasteiger partial charge in [-0.1, -0.05) is 12.2 Å². The third kappa shape index (κ3) is 0.914. The fourth-order valence-corrected chi connectivity index (χ4v) is 2.88. The van der Waals surface area contributed by atoms with E-state index >= 15 is 0 Å². The van der Waals surface area contributed by atoms with Crippen LogP contribution in [0.2, 0.25) is 5.82 Å². The summed E-state index contributed by atoms with van der Waals surface area (Å²) in [5, 5.41) is 0. The summed E-state index contributed by atoms with van der Waals surface area (Å²) in [7, 11) is 4.63. The first-order valence-electron chi connectivity index (χ1n) is 4.39. The molecule has 0 amide bonds. The number of hydrogen-bond donors (Lipinski definition) is 0. The van der Waals surface area contributed by atoms with Crippen molar-refractivity contribution < 1.29 is 0 Å². The van der Waals surface area contributed by atoms with Crippen LogP contribution in [0.3, 0.4) is 0 Å². The lowest BCUT2D eigenvalue weighted by Gasteiger charge is -2.47. The molecule has 2 fully saturated rings. The molecule has 1 aliphatic carbocycles. The highest BCUT2D eigenvalue weighted by atomic mass is 15.1. The predicted molar refractivity (Wildman–Crippen MR) is 48.7 cm³/mol. The van der Waals surface area contributed by atoms with Gasteiger partial charge in [-0.3, -0.25) is 0 Å². The van der Waals surface area contributed by atoms with Gasteiger partial charge in [-0.25, -0.2) is 0 Å². The molecule has 1 heterocycles. The Morgan fingerprint density at radius 2 is 2.10 bits per heavy atom. The zero-order valence-corrected chi connectivity index (χ0v) is 7.06. The maximum atomic E-state index is 2.44. The molecule has 0 aromatic carbocycles. The number of nitrogens with zero attached hydrogens (tertiary/aromatic N) is 1. The predicted octanol–water partition coefficient (Wildman–Crippen LogP) is -0.558. The van der Waals surface area contributed by atoms with Gasteiger partial charge in [0.25, 0.3) is 0 Å². The Kier molecular flexibility index (Phi) is 1.38. The van der Waals surface area contributed by atoms with E-state index in [1.54, 1.807) is 0 Å². The third-order valence-corrected chi connectivity index (χ3v) is 3.16. The van der Waals surface area contributed by atoms with E-state index in [1.165, 1.54) is 32.4 Å². The first kappa shape index (κ1) is 6.78. The number of rotatable bonds is 0. The lowest BCUT2D eigenvalue weighted by Crippen LogP contribution is -2.53. The van der Waals surface area contributed by atoms with Crippen molar-refractivity contribution >= 4 is 15.8 Å². The van der Waals surface area contributed by atoms with Gasteiger partial charge in [0.1, 0.15) is 7.85 Å². The van der Waals surface area contributed by atoms with Crippen LogP contribution < -0.4 is 0 Å². The topological polar surface area (TPSA) is 3.24 Å². The second kappa shape index (κ2) is 2.04. The average molecular weight is 135 g/mol. The minimum atomic E-state index is 0.786. The Morgan fingerprint density at radius 1 is 1.40 bits per heavy atom. The average Bonchev–Trinajstić information content (AvgIpc) is 2.10. The zero-order chi connectivity index (χ0) is 7.19. The van der Waals surface area contributed by atoms with E-state index in [1.807, 2.05) is 0 Å². The monoisotopic (exact) mass is 135 g/mol. The fraction of sp³-hybridized carbons (Fsp3) is 1.00. The van der Waals surface area contributed by atoms with Crippen molar-refractivity contribution in [3.05, 3.63) is 0 Å². The van der Waals surface area contributed by atoms with Gasteiger partial charge in [0.15, 0.2) is 7.98 Å². The molecule has 0 aromatic heterocycles. The fourth-order valence-electron chi connectivity index (χ4n) is 2.88. The van der Waals surface area contributed by atoms with Gasteiger partial charge in [0, 0.05) is 0 Å². The molecule has 2 rings (SSSR count). The van der Waals surface area contributed by atoms with Crippen LogP contribution in [0.4, 0.5) is 0 Å². The van der Waals surface area contributed by atoms with Crippen LogP contribution in [-0.4, -0.2) is 33.7 Å². The molecule has 1 atom stereocenters. The van der Waals surface area contributed by atoms with E-state index < -0.39 is 0 Å². The van der Waals surface area contributed by atoms with E-state index in [4.69, 9.17) is 0 Å². The summed E-state index contributed by atoms with van der Waals surface area (Å²) in [4.78, 5) is 2.44. The Bertz CT molecular complexity index is 137. The molecule has 0 N–H and O–H groups in total. The van der Waals surface area contributed by atoms with Crippen molar-refractivity contribution in [1.29, 1.82) is 0 Å². The van der Waals surface area contributed by atoms with Crippen LogP contribution in [0.15, 0.2) is 0 Å². The molecular weight excluding hydrogens is 120 g/mol. The highest BCUT2D eigenvalue weighted by Crippen LogP contribution is 2.48. The van der Waals surface area contributed by atoms with Gasteiger partial charge in [0.05, 0.1) is 0 Å². The van der Waals surface area contributed by atoms with Gasteiger partial charge in [0.2, 0.25) is 0 Å². The molecule has 0 aromatic rings. The van der Waals surface area contributed by atoms with E-state index in [0.29, 0.717) is 0 Å². The van der Waals surface area contributed by atoms with Gasteiger partial charge in [-0.05, 0) is 31.3 Å². The number of hydrogen-bond acceptors (Lipinski definition) is 1. The summed E-state index contributed by atoms with van der Waals surface area (Å²) in [6.45, 7) is 2.74. The highest BCUT2D eigenvalue weighted by molar-refractivity contribution is 6.11. The quantitative estimate of drug-likeness (QED) is 0.402. The van der Waals surface area contributed by atoms with Crippen LogP contribution in [0.1, 0.15) is 19.3 Å². The third-order valence-electron chi connectivity index (χ3n) is 3.16. The van der Waals surface area contributed by atoms with Crippen LogP contribution in [-0.2, 0) is 0 Å². The van der Waals surface area contributed by atoms with Crippen LogP contribution in [0.5, 0.6) is 0 Å². The molecule has 2 aliphatic rings.